The van der Waals surface area contributed by atoms with Crippen molar-refractivity contribution in [3.8, 4) is 5.75 Å². The van der Waals surface area contributed by atoms with E-state index in [1.165, 1.54) is 16.7 Å². The molecular formula is C28H32N2O. The molecule has 4 rings (SSSR count). The van der Waals surface area contributed by atoms with Gasteiger partial charge in [-0.3, -0.25) is 0 Å². The summed E-state index contributed by atoms with van der Waals surface area (Å²) in [5.74, 6) is 2.88. The molecule has 3 nitrogen and oxygen atoms in total. The third-order valence-corrected chi connectivity index (χ3v) is 5.77. The monoisotopic (exact) mass is 412 g/mol. The van der Waals surface area contributed by atoms with Crippen molar-refractivity contribution < 1.29 is 4.74 Å². The van der Waals surface area contributed by atoms with Crippen LogP contribution in [-0.4, -0.2) is 16.2 Å². The van der Waals surface area contributed by atoms with Gasteiger partial charge in [-0.05, 0) is 60.2 Å². The molecule has 1 aromatic heterocycles. The lowest BCUT2D eigenvalue weighted by Gasteiger charge is -2.16. The maximum absolute atomic E-state index is 6.05. The number of benzene rings is 3. The number of ether oxygens (including phenoxy) is 1. The minimum atomic E-state index is 0.208. The highest BCUT2D eigenvalue weighted by Crippen LogP contribution is 2.28. The second-order valence-corrected chi connectivity index (χ2v) is 8.84. The Balaban J connectivity index is 1.58. The predicted molar refractivity (Wildman–Crippen MR) is 129 cm³/mol. The number of hydrogen-bond acceptors (Lipinski definition) is 2. The Bertz CT molecular complexity index is 1140. The van der Waals surface area contributed by atoms with Crippen LogP contribution in [0.5, 0.6) is 5.75 Å². The Morgan fingerprint density at radius 1 is 0.903 bits per heavy atom. The summed E-state index contributed by atoms with van der Waals surface area (Å²) in [6, 6.07) is 25.6. The fourth-order valence-electron chi connectivity index (χ4n) is 4.18. The average molecular weight is 413 g/mol. The number of para-hydroxylation sites is 2. The van der Waals surface area contributed by atoms with E-state index in [0.29, 0.717) is 12.5 Å². The third-order valence-electron chi connectivity index (χ3n) is 5.77. The van der Waals surface area contributed by atoms with Crippen LogP contribution in [-0.2, 0) is 13.0 Å². The summed E-state index contributed by atoms with van der Waals surface area (Å²) in [5.41, 5.74) is 6.10. The largest absolute Gasteiger partial charge is 0.492 e. The first-order valence-electron chi connectivity index (χ1n) is 11.2. The average Bonchev–Trinajstić information content (AvgIpc) is 3.12. The van der Waals surface area contributed by atoms with Crippen molar-refractivity contribution in [3.05, 3.63) is 95.3 Å². The maximum atomic E-state index is 6.05. The van der Waals surface area contributed by atoms with Gasteiger partial charge in [-0.15, -0.1) is 0 Å². The lowest BCUT2D eigenvalue weighted by atomic mass is 9.96. The zero-order chi connectivity index (χ0) is 21.8. The van der Waals surface area contributed by atoms with Crippen molar-refractivity contribution in [1.82, 2.24) is 9.55 Å². The van der Waals surface area contributed by atoms with Crippen LogP contribution in [0.15, 0.2) is 72.8 Å². The lowest BCUT2D eigenvalue weighted by Crippen LogP contribution is -2.13. The first-order valence-corrected chi connectivity index (χ1v) is 11.2. The quantitative estimate of drug-likeness (QED) is 0.319. The number of fused-ring (bicyclic) bond motifs is 1. The lowest BCUT2D eigenvalue weighted by molar-refractivity contribution is 0.297. The molecule has 0 aliphatic heterocycles. The molecule has 160 valence electrons. The molecule has 0 saturated heterocycles. The highest BCUT2D eigenvalue weighted by atomic mass is 16.5. The van der Waals surface area contributed by atoms with Crippen LogP contribution in [0.25, 0.3) is 11.0 Å². The van der Waals surface area contributed by atoms with E-state index in [1.807, 2.05) is 12.1 Å². The van der Waals surface area contributed by atoms with Gasteiger partial charge in [-0.25, -0.2) is 4.98 Å². The van der Waals surface area contributed by atoms with Crippen LogP contribution in [0.4, 0.5) is 0 Å². The summed E-state index contributed by atoms with van der Waals surface area (Å²) in [5, 5.41) is 0. The van der Waals surface area contributed by atoms with Crippen LogP contribution in [0.3, 0.4) is 0 Å². The molecule has 1 heterocycles. The molecule has 4 aromatic rings. The van der Waals surface area contributed by atoms with Crippen LogP contribution in [0.2, 0.25) is 0 Å². The van der Waals surface area contributed by atoms with Crippen LogP contribution in [0.1, 0.15) is 49.2 Å². The molecule has 3 heteroatoms. The van der Waals surface area contributed by atoms with Crippen molar-refractivity contribution in [3.63, 3.8) is 0 Å². The minimum absolute atomic E-state index is 0.208. The zero-order valence-electron chi connectivity index (χ0n) is 19.0. The van der Waals surface area contributed by atoms with Gasteiger partial charge in [0.1, 0.15) is 18.2 Å². The molecule has 0 saturated carbocycles. The summed E-state index contributed by atoms with van der Waals surface area (Å²) in [4.78, 5) is 5.01. The molecule has 1 atom stereocenters. The minimum Gasteiger partial charge on any atom is -0.492 e. The number of rotatable bonds is 8. The number of aryl methyl sites for hydroxylation is 1. The van der Waals surface area contributed by atoms with Gasteiger partial charge in [0.05, 0.1) is 17.6 Å². The molecule has 0 aliphatic rings. The number of nitrogens with zero attached hydrogens (tertiary/aromatic N) is 2. The van der Waals surface area contributed by atoms with Gasteiger partial charge in [0.15, 0.2) is 0 Å². The Labute approximate surface area is 185 Å². The van der Waals surface area contributed by atoms with Gasteiger partial charge in [0.2, 0.25) is 0 Å². The molecule has 0 fully saturated rings. The molecular weight excluding hydrogens is 380 g/mol. The second-order valence-electron chi connectivity index (χ2n) is 8.84. The number of aromatic nitrogens is 2. The molecule has 0 spiro atoms. The van der Waals surface area contributed by atoms with Crippen LogP contribution in [0, 0.1) is 12.8 Å². The van der Waals surface area contributed by atoms with E-state index in [2.05, 4.69) is 92.9 Å². The molecule has 3 aromatic carbocycles. The third kappa shape index (κ3) is 4.99. The van der Waals surface area contributed by atoms with E-state index < -0.39 is 0 Å². The summed E-state index contributed by atoms with van der Waals surface area (Å²) >= 11 is 0. The molecule has 0 bridgehead atoms. The highest BCUT2D eigenvalue weighted by molar-refractivity contribution is 5.76. The first-order chi connectivity index (χ1) is 15.0. The SMILES string of the molecule is Cc1cccc(OCCn2c([C@H](C)c3ccc(CC(C)C)cc3)nc3ccccc32)c1. The maximum Gasteiger partial charge on any atom is 0.119 e. The topological polar surface area (TPSA) is 27.1 Å². The van der Waals surface area contributed by atoms with E-state index in [0.717, 1.165) is 35.6 Å². The van der Waals surface area contributed by atoms with Crippen LogP contribution < -0.4 is 4.74 Å². The fraction of sp³-hybridized carbons (Fsp3) is 0.321. The van der Waals surface area contributed by atoms with Crippen molar-refractivity contribution in [1.29, 1.82) is 0 Å². The summed E-state index contributed by atoms with van der Waals surface area (Å²) in [7, 11) is 0. The van der Waals surface area contributed by atoms with E-state index in [-0.39, 0.29) is 5.92 Å². The Morgan fingerprint density at radius 3 is 2.42 bits per heavy atom. The number of hydrogen-bond donors (Lipinski definition) is 0. The second kappa shape index (κ2) is 9.38. The van der Waals surface area contributed by atoms with Crippen LogP contribution >= 0.6 is 0 Å². The molecule has 0 N–H and O–H groups in total. The summed E-state index contributed by atoms with van der Waals surface area (Å²) in [6.07, 6.45) is 1.11. The van der Waals surface area contributed by atoms with Gasteiger partial charge < -0.3 is 9.30 Å². The van der Waals surface area contributed by atoms with Gasteiger partial charge in [-0.2, -0.15) is 0 Å². The zero-order valence-corrected chi connectivity index (χ0v) is 19.0. The molecule has 0 unspecified atom stereocenters. The van der Waals surface area contributed by atoms with Crippen molar-refractivity contribution >= 4 is 11.0 Å². The Hall–Kier alpha value is -3.07. The first kappa shape index (κ1) is 21.2. The Morgan fingerprint density at radius 2 is 1.68 bits per heavy atom. The smallest absolute Gasteiger partial charge is 0.119 e. The fourth-order valence-corrected chi connectivity index (χ4v) is 4.18. The van der Waals surface area contributed by atoms with Crippen molar-refractivity contribution in [2.75, 3.05) is 6.61 Å². The predicted octanol–water partition coefficient (Wildman–Crippen LogP) is 6.77. The van der Waals surface area contributed by atoms with Crippen molar-refractivity contribution in [2.45, 2.75) is 46.6 Å². The van der Waals surface area contributed by atoms with Gasteiger partial charge >= 0.3 is 0 Å². The van der Waals surface area contributed by atoms with Crippen molar-refractivity contribution in [2.24, 2.45) is 5.92 Å². The summed E-state index contributed by atoms with van der Waals surface area (Å²) < 4.78 is 8.37. The van der Waals surface area contributed by atoms with Gasteiger partial charge in [0, 0.05) is 5.92 Å². The van der Waals surface area contributed by atoms with E-state index in [4.69, 9.17) is 9.72 Å². The van der Waals surface area contributed by atoms with E-state index in [1.54, 1.807) is 0 Å². The Kier molecular flexibility index (Phi) is 6.41. The summed E-state index contributed by atoms with van der Waals surface area (Å²) in [6.45, 7) is 10.2. The highest BCUT2D eigenvalue weighted by Gasteiger charge is 2.18. The molecule has 0 radical (unpaired) electrons. The molecule has 31 heavy (non-hydrogen) atoms. The normalized spacial score (nSPS) is 12.4. The standard InChI is InChI=1S/C28H32N2O/c1-20(2)18-23-12-14-24(15-13-23)22(4)28-29-26-10-5-6-11-27(26)30(28)16-17-31-25-9-7-8-21(3)19-25/h5-15,19-20,22H,16-18H2,1-4H3/t22-/m1/s1. The van der Waals surface area contributed by atoms with Gasteiger partial charge in [-0.1, -0.05) is 69.3 Å². The molecule has 0 aliphatic carbocycles. The van der Waals surface area contributed by atoms with E-state index in [9.17, 15) is 0 Å². The van der Waals surface area contributed by atoms with Gasteiger partial charge in [0.25, 0.3) is 0 Å². The van der Waals surface area contributed by atoms with E-state index >= 15 is 0 Å². The number of imidazole rings is 1. The molecule has 0 amide bonds.